The number of nitrogens with zero attached hydrogens (tertiary/aromatic N) is 2. The summed E-state index contributed by atoms with van der Waals surface area (Å²) in [5.41, 5.74) is -0.101. The zero-order chi connectivity index (χ0) is 15.1. The number of halogens is 1. The number of carbonyl (C=O) groups excluding carboxylic acids is 1. The molecule has 3 rings (SSSR count). The summed E-state index contributed by atoms with van der Waals surface area (Å²) >= 11 is 1.13. The van der Waals surface area contributed by atoms with Gasteiger partial charge in [-0.3, -0.25) is 23.1 Å². The van der Waals surface area contributed by atoms with E-state index in [-0.39, 0.29) is 30.3 Å². The quantitative estimate of drug-likeness (QED) is 0.794. The van der Waals surface area contributed by atoms with E-state index in [1.165, 1.54) is 9.13 Å². The van der Waals surface area contributed by atoms with E-state index in [1.807, 2.05) is 0 Å². The summed E-state index contributed by atoms with van der Waals surface area (Å²) in [4.78, 5) is 37.1. The first-order chi connectivity index (χ1) is 10.1. The van der Waals surface area contributed by atoms with Crippen LogP contribution in [0.5, 0.6) is 0 Å². The molecule has 0 N–H and O–H groups in total. The Morgan fingerprint density at radius 2 is 2.10 bits per heavy atom. The summed E-state index contributed by atoms with van der Waals surface area (Å²) in [7, 11) is 0. The normalized spacial score (nSPS) is 14.8. The summed E-state index contributed by atoms with van der Waals surface area (Å²) in [6.45, 7) is 1.41. The van der Waals surface area contributed by atoms with Crippen molar-refractivity contribution in [3.05, 3.63) is 31.3 Å². The predicted octanol–water partition coefficient (Wildman–Crippen LogP) is 2.04. The lowest BCUT2D eigenvalue weighted by atomic mass is 10.2. The number of thiophene rings is 1. The lowest BCUT2D eigenvalue weighted by Gasteiger charge is -2.10. The fourth-order valence-electron chi connectivity index (χ4n) is 2.56. The Balaban J connectivity index is 2.39. The molecule has 1 saturated carbocycles. The Morgan fingerprint density at radius 1 is 1.38 bits per heavy atom. The summed E-state index contributed by atoms with van der Waals surface area (Å²) in [5.74, 6) is 0. The van der Waals surface area contributed by atoms with Crippen molar-refractivity contribution in [1.29, 1.82) is 0 Å². The molecule has 0 saturated heterocycles. The Labute approximate surface area is 123 Å². The number of aryl methyl sites for hydroxylation is 2. The standard InChI is InChI=1S/C14H15FN2O3S/c1-8-10(7-18)21-13-11(8)12(19)17(9-3-4-9)14(20)16(13)6-2-5-15/h7,9H,2-6H2,1H3. The summed E-state index contributed by atoms with van der Waals surface area (Å²) < 4.78 is 15.2. The number of rotatable bonds is 5. The van der Waals surface area contributed by atoms with Gasteiger partial charge < -0.3 is 0 Å². The molecule has 0 amide bonds. The molecule has 1 fully saturated rings. The van der Waals surface area contributed by atoms with Crippen LogP contribution in [-0.2, 0) is 6.54 Å². The third-order valence-electron chi connectivity index (χ3n) is 3.81. The fraction of sp³-hybridized carbons (Fsp3) is 0.500. The van der Waals surface area contributed by atoms with Crippen LogP contribution in [0, 0.1) is 6.92 Å². The van der Waals surface area contributed by atoms with Gasteiger partial charge in [-0.05, 0) is 31.7 Å². The van der Waals surface area contributed by atoms with Gasteiger partial charge in [-0.15, -0.1) is 11.3 Å². The van der Waals surface area contributed by atoms with Crippen LogP contribution in [0.2, 0.25) is 0 Å². The minimum absolute atomic E-state index is 0.0509. The van der Waals surface area contributed by atoms with Crippen LogP contribution >= 0.6 is 11.3 Å². The largest absolute Gasteiger partial charge is 0.332 e. The molecule has 2 aromatic heterocycles. The van der Waals surface area contributed by atoms with Gasteiger partial charge in [0.2, 0.25) is 0 Å². The van der Waals surface area contributed by atoms with Crippen LogP contribution in [0.4, 0.5) is 4.39 Å². The Hall–Kier alpha value is -1.76. The van der Waals surface area contributed by atoms with Crippen molar-refractivity contribution < 1.29 is 9.18 Å². The second-order valence-electron chi connectivity index (χ2n) is 5.27. The molecule has 2 heterocycles. The Morgan fingerprint density at radius 3 is 2.67 bits per heavy atom. The van der Waals surface area contributed by atoms with E-state index in [0.717, 1.165) is 24.2 Å². The first kappa shape index (κ1) is 14.2. The summed E-state index contributed by atoms with van der Waals surface area (Å²) in [6, 6.07) is -0.0509. The molecule has 0 radical (unpaired) electrons. The number of aldehydes is 1. The molecular formula is C14H15FN2O3S. The molecule has 1 aliphatic carbocycles. The topological polar surface area (TPSA) is 61.1 Å². The van der Waals surface area contributed by atoms with Crippen molar-refractivity contribution in [2.24, 2.45) is 0 Å². The van der Waals surface area contributed by atoms with Crippen LogP contribution in [0.3, 0.4) is 0 Å². The maximum Gasteiger partial charge on any atom is 0.332 e. The van der Waals surface area contributed by atoms with Crippen molar-refractivity contribution in [2.45, 2.75) is 38.8 Å². The highest BCUT2D eigenvalue weighted by Crippen LogP contribution is 2.34. The van der Waals surface area contributed by atoms with Crippen molar-refractivity contribution in [3.63, 3.8) is 0 Å². The first-order valence-corrected chi connectivity index (χ1v) is 7.71. The second kappa shape index (κ2) is 5.22. The smallest absolute Gasteiger partial charge is 0.297 e. The van der Waals surface area contributed by atoms with Gasteiger partial charge in [0.25, 0.3) is 5.56 Å². The van der Waals surface area contributed by atoms with E-state index >= 15 is 0 Å². The molecule has 112 valence electrons. The van der Waals surface area contributed by atoms with E-state index in [4.69, 9.17) is 0 Å². The highest BCUT2D eigenvalue weighted by atomic mass is 32.1. The third-order valence-corrected chi connectivity index (χ3v) is 5.05. The first-order valence-electron chi connectivity index (χ1n) is 6.89. The second-order valence-corrected chi connectivity index (χ2v) is 6.30. The number of aromatic nitrogens is 2. The van der Waals surface area contributed by atoms with E-state index < -0.39 is 6.67 Å². The van der Waals surface area contributed by atoms with Gasteiger partial charge in [0.05, 0.1) is 16.9 Å². The molecule has 0 atom stereocenters. The maximum absolute atomic E-state index is 12.6. The molecular weight excluding hydrogens is 295 g/mol. The molecule has 21 heavy (non-hydrogen) atoms. The van der Waals surface area contributed by atoms with Gasteiger partial charge in [0.15, 0.2) is 6.29 Å². The predicted molar refractivity (Wildman–Crippen MR) is 79.3 cm³/mol. The minimum Gasteiger partial charge on any atom is -0.297 e. The number of fused-ring (bicyclic) bond motifs is 1. The van der Waals surface area contributed by atoms with Crippen molar-refractivity contribution >= 4 is 27.8 Å². The van der Waals surface area contributed by atoms with E-state index in [2.05, 4.69) is 0 Å². The average Bonchev–Trinajstić information content (AvgIpc) is 3.22. The highest BCUT2D eigenvalue weighted by Gasteiger charge is 2.30. The zero-order valence-electron chi connectivity index (χ0n) is 11.6. The van der Waals surface area contributed by atoms with E-state index in [0.29, 0.717) is 26.9 Å². The summed E-state index contributed by atoms with van der Waals surface area (Å²) in [6.07, 6.45) is 2.54. The van der Waals surface area contributed by atoms with Crippen LogP contribution in [0.15, 0.2) is 9.59 Å². The lowest BCUT2D eigenvalue weighted by Crippen LogP contribution is -2.39. The molecule has 0 aliphatic heterocycles. The number of hydrogen-bond donors (Lipinski definition) is 0. The highest BCUT2D eigenvalue weighted by molar-refractivity contribution is 7.20. The van der Waals surface area contributed by atoms with Gasteiger partial charge in [0, 0.05) is 12.6 Å². The monoisotopic (exact) mass is 310 g/mol. The van der Waals surface area contributed by atoms with Gasteiger partial charge in [-0.2, -0.15) is 0 Å². The number of alkyl halides is 1. The molecule has 0 unspecified atom stereocenters. The van der Waals surface area contributed by atoms with Crippen LogP contribution in [0.25, 0.3) is 10.2 Å². The van der Waals surface area contributed by atoms with Crippen molar-refractivity contribution in [2.75, 3.05) is 6.67 Å². The third kappa shape index (κ3) is 2.16. The van der Waals surface area contributed by atoms with Crippen LogP contribution < -0.4 is 11.2 Å². The SMILES string of the molecule is Cc1c(C=O)sc2c1c(=O)n(C1CC1)c(=O)n2CCCF. The average molecular weight is 310 g/mol. The minimum atomic E-state index is -0.526. The van der Waals surface area contributed by atoms with Gasteiger partial charge in [0.1, 0.15) is 4.83 Å². The molecule has 5 nitrogen and oxygen atoms in total. The van der Waals surface area contributed by atoms with Gasteiger partial charge >= 0.3 is 5.69 Å². The van der Waals surface area contributed by atoms with Gasteiger partial charge in [-0.1, -0.05) is 0 Å². The maximum atomic E-state index is 12.6. The summed E-state index contributed by atoms with van der Waals surface area (Å²) in [5, 5.41) is 0.424. The Kier molecular flexibility index (Phi) is 3.52. The molecule has 7 heteroatoms. The van der Waals surface area contributed by atoms with Crippen LogP contribution in [-0.4, -0.2) is 22.1 Å². The molecule has 0 bridgehead atoms. The molecule has 0 aromatic carbocycles. The molecule has 2 aromatic rings. The van der Waals surface area contributed by atoms with Crippen LogP contribution in [0.1, 0.15) is 40.5 Å². The zero-order valence-corrected chi connectivity index (χ0v) is 12.4. The fourth-order valence-corrected chi connectivity index (χ4v) is 3.70. The van der Waals surface area contributed by atoms with Crippen molar-refractivity contribution in [1.82, 2.24) is 9.13 Å². The van der Waals surface area contributed by atoms with Gasteiger partial charge in [-0.25, -0.2) is 4.79 Å². The number of carbonyl (C=O) groups is 1. The lowest BCUT2D eigenvalue weighted by molar-refractivity contribution is 0.112. The van der Waals surface area contributed by atoms with Crippen molar-refractivity contribution in [3.8, 4) is 0 Å². The molecule has 1 aliphatic rings. The molecule has 0 spiro atoms. The van der Waals surface area contributed by atoms with E-state index in [1.54, 1.807) is 6.92 Å². The van der Waals surface area contributed by atoms with E-state index in [9.17, 15) is 18.8 Å². The Bertz CT molecular complexity index is 829. The number of hydrogen-bond acceptors (Lipinski definition) is 4.